The van der Waals surface area contributed by atoms with Gasteiger partial charge in [-0.05, 0) is 19.3 Å². The van der Waals surface area contributed by atoms with Crippen molar-refractivity contribution in [1.82, 2.24) is 0 Å². The molecule has 0 aromatic rings. The van der Waals surface area contributed by atoms with E-state index >= 15 is 0 Å². The predicted octanol–water partition coefficient (Wildman–Crippen LogP) is 6.80. The maximum absolute atomic E-state index is 10.1. The normalized spacial score (nSPS) is 11.2. The molecule has 43 heavy (non-hydrogen) atoms. The molecule has 0 heterocycles. The highest BCUT2D eigenvalue weighted by Crippen LogP contribution is 2.15. The Hall–Kier alpha value is -1.75. The summed E-state index contributed by atoms with van der Waals surface area (Å²) in [5, 5.41) is 59.9. The minimum absolute atomic E-state index is 0.252. The Morgan fingerprint density at radius 2 is 0.721 bits per heavy atom. The number of aliphatic hydroxyl groups excluding tert-OH is 3. The van der Waals surface area contributed by atoms with Crippen LogP contribution in [-0.2, 0) is 14.4 Å². The Bertz CT molecular complexity index is 532. The summed E-state index contributed by atoms with van der Waals surface area (Å²) in [6.07, 6.45) is 21.8. The van der Waals surface area contributed by atoms with E-state index in [-0.39, 0.29) is 6.61 Å². The third kappa shape index (κ3) is 44.8. The van der Waals surface area contributed by atoms with Gasteiger partial charge in [-0.25, -0.2) is 0 Å². The zero-order chi connectivity index (χ0) is 33.8. The summed E-state index contributed by atoms with van der Waals surface area (Å²) in [5.41, 5.74) is -1.55. The van der Waals surface area contributed by atoms with Gasteiger partial charge < -0.3 is 35.7 Å². The fourth-order valence-electron chi connectivity index (χ4n) is 3.70. The molecule has 0 amide bonds. The smallest absolute Gasteiger partial charge is 0.303 e. The van der Waals surface area contributed by atoms with Gasteiger partial charge in [-0.15, -0.1) is 0 Å². The zero-order valence-corrected chi connectivity index (χ0v) is 27.9. The second kappa shape index (κ2) is 38.3. The van der Waals surface area contributed by atoms with Crippen LogP contribution in [0.5, 0.6) is 0 Å². The minimum Gasteiger partial charge on any atom is -0.481 e. The van der Waals surface area contributed by atoms with E-state index in [0.29, 0.717) is 19.3 Å². The van der Waals surface area contributed by atoms with Gasteiger partial charge in [0.15, 0.2) is 0 Å². The van der Waals surface area contributed by atoms with E-state index in [1.807, 2.05) is 0 Å². The number of hydrogen-bond donors (Lipinski definition) is 7. The zero-order valence-electron chi connectivity index (χ0n) is 27.9. The number of aliphatic hydroxyl groups is 4. The number of aliphatic carboxylic acids is 3. The van der Waals surface area contributed by atoms with Crippen LogP contribution in [0.2, 0.25) is 0 Å². The molecule has 1 unspecified atom stereocenters. The van der Waals surface area contributed by atoms with Crippen LogP contribution in [0, 0.1) is 5.92 Å². The van der Waals surface area contributed by atoms with Crippen molar-refractivity contribution < 1.29 is 50.1 Å². The Morgan fingerprint density at radius 1 is 0.488 bits per heavy atom. The highest BCUT2D eigenvalue weighted by molar-refractivity contribution is 5.67. The van der Waals surface area contributed by atoms with Gasteiger partial charge in [0.05, 0.1) is 13.2 Å². The van der Waals surface area contributed by atoms with Crippen molar-refractivity contribution in [3.63, 3.8) is 0 Å². The van der Waals surface area contributed by atoms with E-state index in [2.05, 4.69) is 20.8 Å². The molecule has 0 aliphatic carbocycles. The van der Waals surface area contributed by atoms with Gasteiger partial charge in [-0.2, -0.15) is 0 Å². The molecule has 1 atom stereocenters. The molecule has 0 bridgehead atoms. The molecule has 10 heteroatoms. The molecule has 0 spiro atoms. The first-order valence-electron chi connectivity index (χ1n) is 16.6. The summed E-state index contributed by atoms with van der Waals surface area (Å²) >= 11 is 0. The fourth-order valence-corrected chi connectivity index (χ4v) is 3.70. The third-order valence-electron chi connectivity index (χ3n) is 6.97. The number of carbonyl (C=O) groups is 3. The first kappa shape index (κ1) is 48.2. The molecule has 0 aliphatic rings. The Balaban J connectivity index is -0.000000236. The number of rotatable bonds is 25. The molecule has 0 fully saturated rings. The van der Waals surface area contributed by atoms with Crippen LogP contribution in [-0.4, -0.2) is 79.1 Å². The third-order valence-corrected chi connectivity index (χ3v) is 6.97. The molecule has 0 saturated heterocycles. The van der Waals surface area contributed by atoms with Crippen LogP contribution in [0.15, 0.2) is 0 Å². The molecule has 0 radical (unpaired) electrons. The van der Waals surface area contributed by atoms with Crippen molar-refractivity contribution >= 4 is 17.9 Å². The van der Waals surface area contributed by atoms with Crippen LogP contribution in [0.3, 0.4) is 0 Å². The van der Waals surface area contributed by atoms with Crippen LogP contribution in [0.4, 0.5) is 0 Å². The molecule has 0 aromatic carbocycles. The molecule has 0 aromatic heterocycles. The largest absolute Gasteiger partial charge is 0.481 e. The number of hydrogen-bond acceptors (Lipinski definition) is 7. The molecule has 260 valence electrons. The van der Waals surface area contributed by atoms with E-state index in [9.17, 15) is 19.5 Å². The van der Waals surface area contributed by atoms with E-state index < -0.39 is 42.6 Å². The maximum atomic E-state index is 10.1. The van der Waals surface area contributed by atoms with Gasteiger partial charge in [0.25, 0.3) is 0 Å². The molecule has 0 saturated carbocycles. The topological polar surface area (TPSA) is 193 Å². The Kier molecular flexibility index (Phi) is 42.9. The van der Waals surface area contributed by atoms with Crippen molar-refractivity contribution in [2.24, 2.45) is 5.92 Å². The predicted molar refractivity (Wildman–Crippen MR) is 172 cm³/mol. The quantitative estimate of drug-likeness (QED) is 0.0531. The van der Waals surface area contributed by atoms with E-state index in [4.69, 9.17) is 30.6 Å². The summed E-state index contributed by atoms with van der Waals surface area (Å²) in [5.74, 6) is -2.51. The number of carboxylic acids is 3. The SMILES string of the molecule is CC(CO)C(O)(CO)CO.CCCCCCCCC(=O)O.CCCCCCCCC(=O)O.CCCCCCCCC(=O)O. The molecular weight excluding hydrogens is 556 g/mol. The molecule has 0 aliphatic heterocycles. The van der Waals surface area contributed by atoms with Crippen molar-refractivity contribution in [2.75, 3.05) is 19.8 Å². The minimum atomic E-state index is -1.55. The van der Waals surface area contributed by atoms with Crippen molar-refractivity contribution in [3.05, 3.63) is 0 Å². The second-order valence-electron chi connectivity index (χ2n) is 11.2. The van der Waals surface area contributed by atoms with Crippen molar-refractivity contribution in [1.29, 1.82) is 0 Å². The molecule has 0 rings (SSSR count). The van der Waals surface area contributed by atoms with E-state index in [0.717, 1.165) is 38.5 Å². The first-order valence-corrected chi connectivity index (χ1v) is 16.6. The average molecular weight is 625 g/mol. The Morgan fingerprint density at radius 3 is 0.884 bits per heavy atom. The molecule has 7 N–H and O–H groups in total. The summed E-state index contributed by atoms with van der Waals surface area (Å²) < 4.78 is 0. The van der Waals surface area contributed by atoms with Crippen LogP contribution in [0.1, 0.15) is 163 Å². The van der Waals surface area contributed by atoms with Gasteiger partial charge in [-0.3, -0.25) is 14.4 Å². The molecule has 10 nitrogen and oxygen atoms in total. The van der Waals surface area contributed by atoms with E-state index in [1.54, 1.807) is 6.92 Å². The van der Waals surface area contributed by atoms with Gasteiger partial charge in [-0.1, -0.05) is 124 Å². The van der Waals surface area contributed by atoms with Gasteiger partial charge in [0.2, 0.25) is 0 Å². The van der Waals surface area contributed by atoms with Crippen LogP contribution < -0.4 is 0 Å². The van der Waals surface area contributed by atoms with Gasteiger partial charge in [0, 0.05) is 31.8 Å². The highest BCUT2D eigenvalue weighted by atomic mass is 16.4. The lowest BCUT2D eigenvalue weighted by Crippen LogP contribution is -2.45. The van der Waals surface area contributed by atoms with Gasteiger partial charge in [0.1, 0.15) is 5.60 Å². The number of carboxylic acid groups (broad SMARTS) is 3. The van der Waals surface area contributed by atoms with Crippen LogP contribution in [0.25, 0.3) is 0 Å². The molecular formula is C33H68O10. The van der Waals surface area contributed by atoms with Crippen molar-refractivity contribution in [2.45, 2.75) is 168 Å². The standard InChI is InChI=1S/3C9H18O2.C6H14O4/c3*1-2-3-4-5-6-7-8-9(10)11;1-5(2-7)6(10,3-8)4-9/h3*2-8H2,1H3,(H,10,11);5,7-10H,2-4H2,1H3. The monoisotopic (exact) mass is 624 g/mol. The summed E-state index contributed by atoms with van der Waals surface area (Å²) in [6, 6.07) is 0. The lowest BCUT2D eigenvalue weighted by molar-refractivity contribution is -0.138. The first-order chi connectivity index (χ1) is 20.4. The summed E-state index contributed by atoms with van der Waals surface area (Å²) in [6.45, 7) is 6.76. The lowest BCUT2D eigenvalue weighted by Gasteiger charge is -2.28. The summed E-state index contributed by atoms with van der Waals surface area (Å²) in [4.78, 5) is 30.3. The average Bonchev–Trinajstić information content (AvgIpc) is 2.98. The summed E-state index contributed by atoms with van der Waals surface area (Å²) in [7, 11) is 0. The van der Waals surface area contributed by atoms with Crippen molar-refractivity contribution in [3.8, 4) is 0 Å². The van der Waals surface area contributed by atoms with Gasteiger partial charge >= 0.3 is 17.9 Å². The fraction of sp³-hybridized carbons (Fsp3) is 0.909. The van der Waals surface area contributed by atoms with E-state index in [1.165, 1.54) is 77.0 Å². The van der Waals surface area contributed by atoms with Crippen LogP contribution >= 0.6 is 0 Å². The maximum Gasteiger partial charge on any atom is 0.303 e. The highest BCUT2D eigenvalue weighted by Gasteiger charge is 2.31. The lowest BCUT2D eigenvalue weighted by atomic mass is 9.91. The number of unbranched alkanes of at least 4 members (excludes halogenated alkanes) is 15. The second-order valence-corrected chi connectivity index (χ2v) is 11.2. The Labute approximate surface area is 261 Å².